The molecule has 1 atom stereocenters. The highest BCUT2D eigenvalue weighted by atomic mass is 32.2. The molecule has 0 aromatic carbocycles. The molecule has 0 aromatic heterocycles. The monoisotopic (exact) mass is 345 g/mol. The van der Waals surface area contributed by atoms with Crippen molar-refractivity contribution in [1.82, 2.24) is 10.6 Å². The van der Waals surface area contributed by atoms with Crippen molar-refractivity contribution in [3.05, 3.63) is 0 Å². The zero-order valence-corrected chi connectivity index (χ0v) is 15.9. The first-order chi connectivity index (χ1) is 10.6. The molecule has 0 spiro atoms. The first kappa shape index (κ1) is 18.3. The van der Waals surface area contributed by atoms with E-state index in [2.05, 4.69) is 42.5 Å². The highest BCUT2D eigenvalue weighted by Crippen LogP contribution is 2.37. The number of rotatable bonds is 6. The molecule has 0 bridgehead atoms. The normalized spacial score (nSPS) is 28.6. The molecule has 2 N–H and O–H groups in total. The molecular weight excluding hydrogens is 314 g/mol. The average molecular weight is 346 g/mol. The van der Waals surface area contributed by atoms with E-state index < -0.39 is 0 Å². The van der Waals surface area contributed by atoms with Gasteiger partial charge in [0.2, 0.25) is 0 Å². The zero-order valence-electron chi connectivity index (χ0n) is 14.2. The summed E-state index contributed by atoms with van der Waals surface area (Å²) in [5, 5.41) is 6.97. The molecule has 0 aliphatic carbocycles. The van der Waals surface area contributed by atoms with Crippen molar-refractivity contribution < 1.29 is 4.74 Å². The number of ether oxygens (including phenoxy) is 1. The lowest BCUT2D eigenvalue weighted by Gasteiger charge is -2.36. The Hall–Kier alpha value is -0.0700. The van der Waals surface area contributed by atoms with Gasteiger partial charge in [0.05, 0.1) is 6.54 Å². The van der Waals surface area contributed by atoms with Crippen molar-refractivity contribution in [3.8, 4) is 0 Å². The Kier molecular flexibility index (Phi) is 7.22. The minimum Gasteiger partial charge on any atom is -0.381 e. The number of nitrogens with zero attached hydrogens (tertiary/aromatic N) is 1. The molecule has 4 nitrogen and oxygen atoms in total. The van der Waals surface area contributed by atoms with Crippen LogP contribution in [0.25, 0.3) is 0 Å². The SMILES string of the molecule is CCNC(=NCC1(C)CCCS1)NCC1(SC)CCOCC1. The van der Waals surface area contributed by atoms with E-state index >= 15 is 0 Å². The maximum atomic E-state index is 5.52. The fraction of sp³-hybridized carbons (Fsp3) is 0.938. The number of guanidine groups is 1. The van der Waals surface area contributed by atoms with Gasteiger partial charge in [-0.05, 0) is 51.5 Å². The van der Waals surface area contributed by atoms with E-state index in [9.17, 15) is 0 Å². The highest BCUT2D eigenvalue weighted by molar-refractivity contribution is 8.00. The first-order valence-corrected chi connectivity index (χ1v) is 10.6. The Labute approximate surface area is 144 Å². The van der Waals surface area contributed by atoms with Crippen molar-refractivity contribution in [3.63, 3.8) is 0 Å². The number of hydrogen-bond donors (Lipinski definition) is 2. The summed E-state index contributed by atoms with van der Waals surface area (Å²) in [4.78, 5) is 4.85. The van der Waals surface area contributed by atoms with Gasteiger partial charge in [0, 0.05) is 35.8 Å². The van der Waals surface area contributed by atoms with E-state index in [1.54, 1.807) is 0 Å². The highest BCUT2D eigenvalue weighted by Gasteiger charge is 2.32. The third-order valence-electron chi connectivity index (χ3n) is 4.63. The molecule has 0 saturated carbocycles. The predicted molar refractivity (Wildman–Crippen MR) is 100 cm³/mol. The van der Waals surface area contributed by atoms with Gasteiger partial charge >= 0.3 is 0 Å². The van der Waals surface area contributed by atoms with Crippen LogP contribution < -0.4 is 10.6 Å². The topological polar surface area (TPSA) is 45.7 Å². The van der Waals surface area contributed by atoms with E-state index in [1.807, 2.05) is 11.8 Å². The molecule has 2 fully saturated rings. The minimum atomic E-state index is 0.292. The molecule has 128 valence electrons. The van der Waals surface area contributed by atoms with Crippen LogP contribution in [0, 0.1) is 0 Å². The van der Waals surface area contributed by atoms with Gasteiger partial charge in [-0.3, -0.25) is 4.99 Å². The second-order valence-electron chi connectivity index (χ2n) is 6.45. The third kappa shape index (κ3) is 5.24. The van der Waals surface area contributed by atoms with Gasteiger partial charge in [-0.25, -0.2) is 0 Å². The average Bonchev–Trinajstić information content (AvgIpc) is 2.98. The van der Waals surface area contributed by atoms with Crippen LogP contribution in [0.3, 0.4) is 0 Å². The lowest BCUT2D eigenvalue weighted by atomic mass is 9.99. The van der Waals surface area contributed by atoms with Crippen LogP contribution in [0.5, 0.6) is 0 Å². The number of nitrogens with one attached hydrogen (secondary N) is 2. The number of hydrogen-bond acceptors (Lipinski definition) is 4. The largest absolute Gasteiger partial charge is 0.381 e. The maximum Gasteiger partial charge on any atom is 0.191 e. The van der Waals surface area contributed by atoms with E-state index in [0.29, 0.717) is 9.49 Å². The summed E-state index contributed by atoms with van der Waals surface area (Å²) in [6, 6.07) is 0. The third-order valence-corrected chi connectivity index (χ3v) is 7.57. The molecule has 22 heavy (non-hydrogen) atoms. The van der Waals surface area contributed by atoms with Crippen molar-refractivity contribution in [2.45, 2.75) is 49.0 Å². The van der Waals surface area contributed by atoms with Crippen molar-refractivity contribution in [2.24, 2.45) is 4.99 Å². The first-order valence-electron chi connectivity index (χ1n) is 8.40. The molecule has 0 radical (unpaired) electrons. The lowest BCUT2D eigenvalue weighted by molar-refractivity contribution is 0.0783. The predicted octanol–water partition coefficient (Wildman–Crippen LogP) is 2.74. The second-order valence-corrected chi connectivity index (χ2v) is 9.41. The summed E-state index contributed by atoms with van der Waals surface area (Å²) in [6.07, 6.45) is 7.07. The van der Waals surface area contributed by atoms with Crippen LogP contribution in [0.4, 0.5) is 0 Å². The summed E-state index contributed by atoms with van der Waals surface area (Å²) in [7, 11) is 0. The van der Waals surface area contributed by atoms with Crippen molar-refractivity contribution in [1.29, 1.82) is 0 Å². The van der Waals surface area contributed by atoms with E-state index in [0.717, 1.165) is 51.6 Å². The smallest absolute Gasteiger partial charge is 0.191 e. The summed E-state index contributed by atoms with van der Waals surface area (Å²) >= 11 is 4.04. The van der Waals surface area contributed by atoms with Crippen molar-refractivity contribution in [2.75, 3.05) is 44.9 Å². The van der Waals surface area contributed by atoms with Crippen LogP contribution in [0.2, 0.25) is 0 Å². The van der Waals surface area contributed by atoms with Gasteiger partial charge in [0.15, 0.2) is 5.96 Å². The lowest BCUT2D eigenvalue weighted by Crippen LogP contribution is -2.48. The zero-order chi connectivity index (χ0) is 15.9. The summed E-state index contributed by atoms with van der Waals surface area (Å²) < 4.78 is 6.14. The molecule has 2 heterocycles. The summed E-state index contributed by atoms with van der Waals surface area (Å²) in [6.45, 7) is 9.01. The minimum absolute atomic E-state index is 0.292. The second kappa shape index (κ2) is 8.69. The Morgan fingerprint density at radius 3 is 2.64 bits per heavy atom. The molecule has 0 aromatic rings. The Balaban J connectivity index is 1.89. The molecule has 2 aliphatic rings. The Morgan fingerprint density at radius 2 is 2.05 bits per heavy atom. The summed E-state index contributed by atoms with van der Waals surface area (Å²) in [5.41, 5.74) is 0. The Morgan fingerprint density at radius 1 is 1.27 bits per heavy atom. The Bertz CT molecular complexity index is 364. The number of thioether (sulfide) groups is 2. The van der Waals surface area contributed by atoms with Gasteiger partial charge < -0.3 is 15.4 Å². The standard InChI is InChI=1S/C16H31N3OS2/c1-4-17-14(18-12-15(2)6-5-11-22-15)19-13-16(21-3)7-9-20-10-8-16/h4-13H2,1-3H3,(H2,17,18,19). The molecular formula is C16H31N3OS2. The van der Waals surface area contributed by atoms with E-state index in [-0.39, 0.29) is 0 Å². The quantitative estimate of drug-likeness (QED) is 0.572. The fourth-order valence-corrected chi connectivity index (χ4v) is 5.01. The molecule has 1 unspecified atom stereocenters. The van der Waals surface area contributed by atoms with Crippen LogP contribution >= 0.6 is 23.5 Å². The van der Waals surface area contributed by atoms with Crippen LogP contribution in [0.1, 0.15) is 39.5 Å². The fourth-order valence-electron chi connectivity index (χ4n) is 2.99. The van der Waals surface area contributed by atoms with Gasteiger partial charge in [0.1, 0.15) is 0 Å². The van der Waals surface area contributed by atoms with E-state index in [1.165, 1.54) is 18.6 Å². The number of aliphatic imine (C=N–C) groups is 1. The van der Waals surface area contributed by atoms with Crippen LogP contribution in [-0.4, -0.2) is 60.3 Å². The molecule has 6 heteroatoms. The molecule has 0 amide bonds. The molecule has 2 aliphatic heterocycles. The van der Waals surface area contributed by atoms with Crippen LogP contribution in [-0.2, 0) is 4.74 Å². The molecule has 2 rings (SSSR count). The van der Waals surface area contributed by atoms with Gasteiger partial charge in [-0.1, -0.05) is 0 Å². The van der Waals surface area contributed by atoms with Gasteiger partial charge in [-0.2, -0.15) is 23.5 Å². The van der Waals surface area contributed by atoms with Crippen molar-refractivity contribution >= 4 is 29.5 Å². The van der Waals surface area contributed by atoms with Gasteiger partial charge in [-0.15, -0.1) is 0 Å². The summed E-state index contributed by atoms with van der Waals surface area (Å²) in [5.74, 6) is 2.25. The van der Waals surface area contributed by atoms with Gasteiger partial charge in [0.25, 0.3) is 0 Å². The van der Waals surface area contributed by atoms with E-state index in [4.69, 9.17) is 9.73 Å². The van der Waals surface area contributed by atoms with Crippen LogP contribution in [0.15, 0.2) is 4.99 Å². The molecule has 2 saturated heterocycles. The maximum absolute atomic E-state index is 5.52.